The summed E-state index contributed by atoms with van der Waals surface area (Å²) >= 11 is 9.64. The molecule has 1 aromatic carbocycles. The Bertz CT molecular complexity index is 1120. The monoisotopic (exact) mass is 532 g/mol. The number of H-pyrrole nitrogens is 1. The first kappa shape index (κ1) is 22.5. The Hall–Kier alpha value is -2.27. The van der Waals surface area contributed by atoms with Crippen LogP contribution in [0.15, 0.2) is 35.2 Å². The van der Waals surface area contributed by atoms with E-state index in [4.69, 9.17) is 11.6 Å². The maximum Gasteiger partial charge on any atom is 0.244 e. The number of piperazine rings is 2. The first-order valence-electron chi connectivity index (χ1n) is 11.1. The number of nitrogens with zero attached hydrogens (tertiary/aromatic N) is 7. The van der Waals surface area contributed by atoms with Crippen LogP contribution in [0.1, 0.15) is 11.6 Å². The molecule has 11 heteroatoms. The number of aromatic amines is 1. The van der Waals surface area contributed by atoms with Gasteiger partial charge in [-0.2, -0.15) is 5.10 Å². The largest absolute Gasteiger partial charge is 0.352 e. The van der Waals surface area contributed by atoms with Gasteiger partial charge >= 0.3 is 0 Å². The minimum absolute atomic E-state index is 0.152. The molecule has 2 aliphatic rings. The highest BCUT2D eigenvalue weighted by atomic mass is 79.9. The number of likely N-dealkylation sites (N-methyl/N-ethyl adjacent to an activating group) is 1. The molecular formula is C22H26BrClN8O. The Labute approximate surface area is 205 Å². The highest BCUT2D eigenvalue weighted by Gasteiger charge is 2.34. The van der Waals surface area contributed by atoms with Gasteiger partial charge in [-0.25, -0.2) is 9.97 Å². The predicted molar refractivity (Wildman–Crippen MR) is 131 cm³/mol. The molecule has 1 atom stereocenters. The SMILES string of the molecule is CN1CCN(C(C(=O)N2CCN(c3ncnc4n[nH]c(Br)c34)CC2)c2ccc(Cl)cc2)CC1. The van der Waals surface area contributed by atoms with Gasteiger partial charge in [0.1, 0.15) is 22.8 Å². The van der Waals surface area contributed by atoms with Gasteiger partial charge in [-0.05, 0) is 40.7 Å². The van der Waals surface area contributed by atoms with Gasteiger partial charge in [-0.3, -0.25) is 14.8 Å². The van der Waals surface area contributed by atoms with Crippen LogP contribution in [0.4, 0.5) is 5.82 Å². The second-order valence-electron chi connectivity index (χ2n) is 8.54. The predicted octanol–water partition coefficient (Wildman–Crippen LogP) is 2.41. The van der Waals surface area contributed by atoms with Crippen LogP contribution in [0.5, 0.6) is 0 Å². The molecule has 0 saturated carbocycles. The van der Waals surface area contributed by atoms with Crippen molar-refractivity contribution in [1.82, 2.24) is 34.9 Å². The number of carbonyl (C=O) groups is 1. The summed E-state index contributed by atoms with van der Waals surface area (Å²) in [6.07, 6.45) is 1.53. The van der Waals surface area contributed by atoms with Gasteiger partial charge in [0.05, 0.1) is 5.39 Å². The number of fused-ring (bicyclic) bond motifs is 1. The number of aromatic nitrogens is 4. The van der Waals surface area contributed by atoms with E-state index in [0.717, 1.165) is 47.5 Å². The lowest BCUT2D eigenvalue weighted by atomic mass is 10.0. The quantitative estimate of drug-likeness (QED) is 0.551. The van der Waals surface area contributed by atoms with Gasteiger partial charge in [0, 0.05) is 57.4 Å². The molecule has 0 spiro atoms. The molecule has 5 rings (SSSR count). The van der Waals surface area contributed by atoms with Crippen LogP contribution in [0.25, 0.3) is 11.0 Å². The van der Waals surface area contributed by atoms with Crippen molar-refractivity contribution in [2.75, 3.05) is 64.3 Å². The standard InChI is InChI=1S/C22H26BrClN8O/c1-29-6-8-30(9-7-29)18(15-2-4-16(24)5-3-15)22(33)32-12-10-31(11-13-32)21-17-19(23)27-28-20(17)25-14-26-21/h2-5,14,18H,6-13H2,1H3,(H,25,26,27,28). The first-order valence-corrected chi connectivity index (χ1v) is 12.2. The smallest absolute Gasteiger partial charge is 0.244 e. The van der Waals surface area contributed by atoms with Crippen molar-refractivity contribution in [2.45, 2.75) is 6.04 Å². The summed E-state index contributed by atoms with van der Waals surface area (Å²) in [7, 11) is 2.12. The van der Waals surface area contributed by atoms with E-state index in [0.29, 0.717) is 36.8 Å². The second-order valence-corrected chi connectivity index (χ2v) is 9.77. The van der Waals surface area contributed by atoms with Crippen molar-refractivity contribution in [3.63, 3.8) is 0 Å². The Balaban J connectivity index is 1.34. The van der Waals surface area contributed by atoms with E-state index >= 15 is 0 Å². The van der Waals surface area contributed by atoms with Crippen LogP contribution in [0, 0.1) is 0 Å². The van der Waals surface area contributed by atoms with Gasteiger partial charge in [0.2, 0.25) is 5.91 Å². The highest BCUT2D eigenvalue weighted by Crippen LogP contribution is 2.30. The van der Waals surface area contributed by atoms with Gasteiger partial charge < -0.3 is 14.7 Å². The number of carbonyl (C=O) groups excluding carboxylic acids is 1. The summed E-state index contributed by atoms with van der Waals surface area (Å²) in [5.74, 6) is 0.986. The number of rotatable bonds is 4. The third kappa shape index (κ3) is 4.57. The number of hydrogen-bond acceptors (Lipinski definition) is 7. The third-order valence-electron chi connectivity index (χ3n) is 6.50. The third-order valence-corrected chi connectivity index (χ3v) is 7.33. The molecule has 0 aliphatic carbocycles. The lowest BCUT2D eigenvalue weighted by molar-refractivity contribution is -0.138. The molecule has 9 nitrogen and oxygen atoms in total. The molecule has 2 aromatic heterocycles. The second kappa shape index (κ2) is 9.54. The van der Waals surface area contributed by atoms with Gasteiger partial charge in [-0.15, -0.1) is 0 Å². The lowest BCUT2D eigenvalue weighted by Crippen LogP contribution is -2.54. The van der Waals surface area contributed by atoms with Crippen molar-refractivity contribution in [3.05, 3.63) is 45.8 Å². The molecule has 1 N–H and O–H groups in total. The van der Waals surface area contributed by atoms with Crippen molar-refractivity contribution in [1.29, 1.82) is 0 Å². The van der Waals surface area contributed by atoms with Crippen LogP contribution in [-0.4, -0.2) is 100 Å². The van der Waals surface area contributed by atoms with E-state index in [9.17, 15) is 4.79 Å². The maximum absolute atomic E-state index is 13.8. The van der Waals surface area contributed by atoms with E-state index in [1.807, 2.05) is 29.2 Å². The molecule has 1 amide bonds. The Morgan fingerprint density at radius 3 is 2.42 bits per heavy atom. The number of amides is 1. The topological polar surface area (TPSA) is 84.5 Å². The molecule has 174 valence electrons. The minimum Gasteiger partial charge on any atom is -0.352 e. The van der Waals surface area contributed by atoms with E-state index in [1.54, 1.807) is 0 Å². The Kier molecular flexibility index (Phi) is 6.51. The Morgan fingerprint density at radius 2 is 1.73 bits per heavy atom. The van der Waals surface area contributed by atoms with E-state index in [-0.39, 0.29) is 11.9 Å². The molecule has 0 radical (unpaired) electrons. The summed E-state index contributed by atoms with van der Waals surface area (Å²) in [5, 5.41) is 8.67. The zero-order valence-corrected chi connectivity index (χ0v) is 20.8. The van der Waals surface area contributed by atoms with Gasteiger partial charge in [-0.1, -0.05) is 23.7 Å². The molecule has 3 aromatic rings. The van der Waals surface area contributed by atoms with Crippen LogP contribution in [-0.2, 0) is 4.79 Å². The zero-order valence-electron chi connectivity index (χ0n) is 18.4. The van der Waals surface area contributed by atoms with Crippen molar-refractivity contribution < 1.29 is 4.79 Å². The number of anilines is 1. The molecular weight excluding hydrogens is 508 g/mol. The van der Waals surface area contributed by atoms with Crippen LogP contribution < -0.4 is 4.90 Å². The van der Waals surface area contributed by atoms with Gasteiger partial charge in [0.15, 0.2) is 5.65 Å². The average molecular weight is 534 g/mol. The molecule has 1 unspecified atom stereocenters. The van der Waals surface area contributed by atoms with E-state index in [1.165, 1.54) is 6.33 Å². The highest BCUT2D eigenvalue weighted by molar-refractivity contribution is 9.10. The summed E-state index contributed by atoms with van der Waals surface area (Å²) in [6.45, 7) is 6.31. The molecule has 2 fully saturated rings. The molecule has 0 bridgehead atoms. The number of halogens is 2. The fourth-order valence-corrected chi connectivity index (χ4v) is 5.16. The maximum atomic E-state index is 13.8. The van der Waals surface area contributed by atoms with Crippen LogP contribution >= 0.6 is 27.5 Å². The van der Waals surface area contributed by atoms with Gasteiger partial charge in [0.25, 0.3) is 0 Å². The number of hydrogen-bond donors (Lipinski definition) is 1. The first-order chi connectivity index (χ1) is 16.0. The molecule has 4 heterocycles. The van der Waals surface area contributed by atoms with Crippen molar-refractivity contribution in [2.24, 2.45) is 0 Å². The minimum atomic E-state index is -0.295. The fourth-order valence-electron chi connectivity index (χ4n) is 4.59. The normalized spacial score (nSPS) is 19.2. The number of benzene rings is 1. The summed E-state index contributed by atoms with van der Waals surface area (Å²) in [4.78, 5) is 31.3. The van der Waals surface area contributed by atoms with E-state index in [2.05, 4.69) is 57.8 Å². The summed E-state index contributed by atoms with van der Waals surface area (Å²) < 4.78 is 0.768. The molecule has 2 aliphatic heterocycles. The van der Waals surface area contributed by atoms with Crippen molar-refractivity contribution in [3.8, 4) is 0 Å². The van der Waals surface area contributed by atoms with Crippen LogP contribution in [0.2, 0.25) is 5.02 Å². The molecule has 33 heavy (non-hydrogen) atoms. The van der Waals surface area contributed by atoms with Crippen molar-refractivity contribution >= 4 is 50.3 Å². The average Bonchev–Trinajstić information content (AvgIpc) is 3.23. The summed E-state index contributed by atoms with van der Waals surface area (Å²) in [5.41, 5.74) is 1.62. The number of nitrogens with one attached hydrogen (secondary N) is 1. The summed E-state index contributed by atoms with van der Waals surface area (Å²) in [6, 6.07) is 7.40. The fraction of sp³-hybridized carbons (Fsp3) is 0.455. The lowest BCUT2D eigenvalue weighted by Gasteiger charge is -2.42. The van der Waals surface area contributed by atoms with E-state index < -0.39 is 0 Å². The van der Waals surface area contributed by atoms with Crippen LogP contribution in [0.3, 0.4) is 0 Å². The Morgan fingerprint density at radius 1 is 1.03 bits per heavy atom. The molecule has 2 saturated heterocycles. The zero-order chi connectivity index (χ0) is 22.9.